The van der Waals surface area contributed by atoms with Gasteiger partial charge in [-0.15, -0.1) is 0 Å². The SMILES string of the molecule is CCCCCCCCS(=O)(=O)Nc1cccc(-c2ncc(COc3ccc(O)c(C(=O)O)c3)cn2)c1. The number of sulfonamides is 1. The van der Waals surface area contributed by atoms with Crippen LogP contribution in [-0.4, -0.2) is 40.3 Å². The smallest absolute Gasteiger partial charge is 0.339 e. The zero-order valence-corrected chi connectivity index (χ0v) is 21.0. The number of carboxylic acids is 1. The van der Waals surface area contributed by atoms with E-state index in [-0.39, 0.29) is 29.4 Å². The van der Waals surface area contributed by atoms with Gasteiger partial charge < -0.3 is 14.9 Å². The fraction of sp³-hybridized carbons (Fsp3) is 0.346. The van der Waals surface area contributed by atoms with Crippen molar-refractivity contribution in [2.45, 2.75) is 52.1 Å². The maximum atomic E-state index is 12.4. The molecule has 2 aromatic carbocycles. The van der Waals surface area contributed by atoms with Gasteiger partial charge in [-0.05, 0) is 36.8 Å². The molecule has 36 heavy (non-hydrogen) atoms. The van der Waals surface area contributed by atoms with E-state index in [1.165, 1.54) is 24.6 Å². The Morgan fingerprint density at radius 3 is 2.44 bits per heavy atom. The largest absolute Gasteiger partial charge is 0.507 e. The van der Waals surface area contributed by atoms with Gasteiger partial charge in [0.15, 0.2) is 5.82 Å². The van der Waals surface area contributed by atoms with Crippen LogP contribution < -0.4 is 9.46 Å². The summed E-state index contributed by atoms with van der Waals surface area (Å²) in [5.41, 5.74) is 1.52. The zero-order chi connectivity index (χ0) is 26.0. The molecular formula is C26H31N3O6S. The Morgan fingerprint density at radius 2 is 1.72 bits per heavy atom. The number of phenols is 1. The van der Waals surface area contributed by atoms with Crippen molar-refractivity contribution in [3.63, 3.8) is 0 Å². The van der Waals surface area contributed by atoms with Crippen molar-refractivity contribution in [1.82, 2.24) is 9.97 Å². The number of unbranched alkanes of at least 4 members (excludes halogenated alkanes) is 5. The molecule has 0 aliphatic heterocycles. The molecular weight excluding hydrogens is 482 g/mol. The van der Waals surface area contributed by atoms with Crippen LogP contribution in [0.1, 0.15) is 61.4 Å². The summed E-state index contributed by atoms with van der Waals surface area (Å²) >= 11 is 0. The van der Waals surface area contributed by atoms with Crippen LogP contribution in [0.5, 0.6) is 11.5 Å². The number of benzene rings is 2. The third-order valence-corrected chi connectivity index (χ3v) is 6.84. The lowest BCUT2D eigenvalue weighted by molar-refractivity contribution is 0.0693. The van der Waals surface area contributed by atoms with Crippen LogP contribution in [-0.2, 0) is 16.6 Å². The summed E-state index contributed by atoms with van der Waals surface area (Å²) in [6.07, 6.45) is 9.22. The van der Waals surface area contributed by atoms with E-state index in [1.54, 1.807) is 36.7 Å². The fourth-order valence-corrected chi connectivity index (χ4v) is 4.72. The van der Waals surface area contributed by atoms with E-state index in [2.05, 4.69) is 21.6 Å². The molecule has 0 radical (unpaired) electrons. The van der Waals surface area contributed by atoms with Gasteiger partial charge >= 0.3 is 5.97 Å². The molecule has 0 saturated carbocycles. The summed E-state index contributed by atoms with van der Waals surface area (Å²) in [5, 5.41) is 18.7. The van der Waals surface area contributed by atoms with Crippen molar-refractivity contribution in [1.29, 1.82) is 0 Å². The van der Waals surface area contributed by atoms with E-state index < -0.39 is 16.0 Å². The highest BCUT2D eigenvalue weighted by molar-refractivity contribution is 7.92. The summed E-state index contributed by atoms with van der Waals surface area (Å²) in [5.74, 6) is -0.792. The number of anilines is 1. The number of hydrogen-bond donors (Lipinski definition) is 3. The van der Waals surface area contributed by atoms with Gasteiger partial charge in [0.2, 0.25) is 10.0 Å². The monoisotopic (exact) mass is 513 g/mol. The Bertz CT molecular complexity index is 1260. The highest BCUT2D eigenvalue weighted by Crippen LogP contribution is 2.24. The Labute approximate surface area is 211 Å². The minimum absolute atomic E-state index is 0.0868. The van der Waals surface area contributed by atoms with E-state index in [9.17, 15) is 18.3 Å². The van der Waals surface area contributed by atoms with Gasteiger partial charge in [0.1, 0.15) is 23.7 Å². The van der Waals surface area contributed by atoms with Gasteiger partial charge in [0.25, 0.3) is 0 Å². The minimum Gasteiger partial charge on any atom is -0.507 e. The van der Waals surface area contributed by atoms with Gasteiger partial charge in [-0.3, -0.25) is 4.72 Å². The molecule has 1 heterocycles. The molecule has 192 valence electrons. The Kier molecular flexibility index (Phi) is 9.63. The summed E-state index contributed by atoms with van der Waals surface area (Å²) in [6, 6.07) is 10.9. The number of nitrogens with zero attached hydrogens (tertiary/aromatic N) is 2. The maximum Gasteiger partial charge on any atom is 0.339 e. The number of ether oxygens (including phenoxy) is 1. The second kappa shape index (κ2) is 12.9. The van der Waals surface area contributed by atoms with Crippen LogP contribution in [0.4, 0.5) is 5.69 Å². The van der Waals surface area contributed by atoms with Crippen molar-refractivity contribution in [3.05, 3.63) is 66.0 Å². The lowest BCUT2D eigenvalue weighted by atomic mass is 10.1. The molecule has 3 N–H and O–H groups in total. The molecule has 0 unspecified atom stereocenters. The molecule has 0 bridgehead atoms. The lowest BCUT2D eigenvalue weighted by Gasteiger charge is -2.10. The van der Waals surface area contributed by atoms with Gasteiger partial charge in [-0.2, -0.15) is 0 Å². The normalized spacial score (nSPS) is 11.2. The predicted octanol–water partition coefficient (Wildman–Crippen LogP) is 5.23. The van der Waals surface area contributed by atoms with Crippen LogP contribution in [0.25, 0.3) is 11.4 Å². The predicted molar refractivity (Wildman–Crippen MR) is 138 cm³/mol. The second-order valence-corrected chi connectivity index (χ2v) is 10.3. The molecule has 0 fully saturated rings. The third-order valence-electron chi connectivity index (χ3n) is 5.47. The third kappa shape index (κ3) is 8.23. The molecule has 0 atom stereocenters. The average Bonchev–Trinajstić information content (AvgIpc) is 2.85. The quantitative estimate of drug-likeness (QED) is 0.249. The molecule has 0 aliphatic carbocycles. The number of rotatable bonds is 14. The molecule has 0 aliphatic rings. The first-order valence-electron chi connectivity index (χ1n) is 11.9. The lowest BCUT2D eigenvalue weighted by Crippen LogP contribution is -2.16. The summed E-state index contributed by atoms with van der Waals surface area (Å²) in [7, 11) is -3.44. The van der Waals surface area contributed by atoms with E-state index in [0.29, 0.717) is 29.1 Å². The van der Waals surface area contributed by atoms with Crippen molar-refractivity contribution in [3.8, 4) is 22.9 Å². The molecule has 3 aromatic rings. The van der Waals surface area contributed by atoms with Gasteiger partial charge in [-0.25, -0.2) is 23.2 Å². The number of aromatic nitrogens is 2. The topological polar surface area (TPSA) is 139 Å². The highest BCUT2D eigenvalue weighted by atomic mass is 32.2. The van der Waals surface area contributed by atoms with Gasteiger partial charge in [0, 0.05) is 29.2 Å². The van der Waals surface area contributed by atoms with E-state index >= 15 is 0 Å². The Hall–Kier alpha value is -3.66. The fourth-order valence-electron chi connectivity index (χ4n) is 3.55. The Balaban J connectivity index is 1.57. The number of carbonyl (C=O) groups is 1. The summed E-state index contributed by atoms with van der Waals surface area (Å²) < 4.78 is 33.1. The molecule has 1 aromatic heterocycles. The second-order valence-electron chi connectivity index (χ2n) is 8.46. The highest BCUT2D eigenvalue weighted by Gasteiger charge is 2.13. The standard InChI is InChI=1S/C26H31N3O6S/c1-2-3-4-5-6-7-13-36(33,34)29-21-10-8-9-20(14-21)25-27-16-19(17-28-25)18-35-22-11-12-24(30)23(15-22)26(31)32/h8-12,14-17,29-30H,2-7,13,18H2,1H3,(H,31,32). The zero-order valence-electron chi connectivity index (χ0n) is 20.2. The van der Waals surface area contributed by atoms with Crippen LogP contribution in [0.2, 0.25) is 0 Å². The van der Waals surface area contributed by atoms with Crippen LogP contribution in [0, 0.1) is 0 Å². The first-order chi connectivity index (χ1) is 17.3. The molecule has 9 nitrogen and oxygen atoms in total. The number of aromatic carboxylic acids is 1. The summed E-state index contributed by atoms with van der Waals surface area (Å²) in [6.45, 7) is 2.25. The van der Waals surface area contributed by atoms with E-state index in [0.717, 1.165) is 25.7 Å². The minimum atomic E-state index is -3.44. The molecule has 0 amide bonds. The molecule has 0 spiro atoms. The van der Waals surface area contributed by atoms with Crippen molar-refractivity contribution >= 4 is 21.7 Å². The Morgan fingerprint density at radius 1 is 1.00 bits per heavy atom. The summed E-state index contributed by atoms with van der Waals surface area (Å²) in [4.78, 5) is 19.8. The van der Waals surface area contributed by atoms with Crippen LogP contribution in [0.3, 0.4) is 0 Å². The van der Waals surface area contributed by atoms with Crippen molar-refractivity contribution in [2.24, 2.45) is 0 Å². The van der Waals surface area contributed by atoms with Crippen molar-refractivity contribution in [2.75, 3.05) is 10.5 Å². The first-order valence-corrected chi connectivity index (χ1v) is 13.5. The van der Waals surface area contributed by atoms with E-state index in [1.807, 2.05) is 0 Å². The van der Waals surface area contributed by atoms with Gasteiger partial charge in [-0.1, -0.05) is 51.2 Å². The molecule has 3 rings (SSSR count). The molecule has 10 heteroatoms. The maximum absolute atomic E-state index is 12.4. The number of carboxylic acid groups (broad SMARTS) is 1. The van der Waals surface area contributed by atoms with Crippen molar-refractivity contribution < 1.29 is 28.2 Å². The number of nitrogens with one attached hydrogen (secondary N) is 1. The molecule has 0 saturated heterocycles. The number of aromatic hydroxyl groups is 1. The average molecular weight is 514 g/mol. The first kappa shape index (κ1) is 26.9. The number of hydrogen-bond acceptors (Lipinski definition) is 7. The van der Waals surface area contributed by atoms with Crippen LogP contribution >= 0.6 is 0 Å². The van der Waals surface area contributed by atoms with Crippen LogP contribution in [0.15, 0.2) is 54.9 Å². The van der Waals surface area contributed by atoms with Gasteiger partial charge in [0.05, 0.1) is 5.75 Å². The van der Waals surface area contributed by atoms with E-state index in [4.69, 9.17) is 9.84 Å².